The quantitative estimate of drug-likeness (QED) is 0.548. The third kappa shape index (κ3) is 3.05. The van der Waals surface area contributed by atoms with Crippen LogP contribution in [0.2, 0.25) is 0 Å². The van der Waals surface area contributed by atoms with E-state index in [-0.39, 0.29) is 0 Å². The lowest BCUT2D eigenvalue weighted by atomic mass is 10.2. The van der Waals surface area contributed by atoms with E-state index in [4.69, 9.17) is 10.5 Å². The highest BCUT2D eigenvalue weighted by Crippen LogP contribution is 2.26. The second-order valence-electron chi connectivity index (χ2n) is 4.93. The lowest BCUT2D eigenvalue weighted by molar-refractivity contribution is 0.304. The number of aryl methyl sites for hydroxylation is 1. The van der Waals surface area contributed by atoms with Crippen molar-refractivity contribution < 1.29 is 4.74 Å². The van der Waals surface area contributed by atoms with Gasteiger partial charge in [0.25, 0.3) is 0 Å². The smallest absolute Gasteiger partial charge is 0.142 e. The molecule has 3 rings (SSSR count). The highest BCUT2D eigenvalue weighted by Gasteiger charge is 2.05. The van der Waals surface area contributed by atoms with Gasteiger partial charge in [0.15, 0.2) is 0 Å². The Morgan fingerprint density at radius 3 is 2.67 bits per heavy atom. The SMILES string of the molecule is Nc1ccccc1OCCCn1cc(Br)c2ccccc21. The monoisotopic (exact) mass is 344 g/mol. The van der Waals surface area contributed by atoms with E-state index in [1.165, 1.54) is 10.9 Å². The number of halogens is 1. The van der Waals surface area contributed by atoms with Crippen LogP contribution < -0.4 is 10.5 Å². The molecule has 0 fully saturated rings. The van der Waals surface area contributed by atoms with Crippen molar-refractivity contribution in [1.82, 2.24) is 4.57 Å². The van der Waals surface area contributed by atoms with Crippen LogP contribution in [0.5, 0.6) is 5.75 Å². The summed E-state index contributed by atoms with van der Waals surface area (Å²) >= 11 is 3.60. The standard InChI is InChI=1S/C17H17BrN2O/c18-14-12-20(16-8-3-1-6-13(14)16)10-5-11-21-17-9-4-2-7-15(17)19/h1-4,6-9,12H,5,10-11,19H2. The molecular formula is C17H17BrN2O. The molecule has 2 aromatic carbocycles. The number of nitrogen functional groups attached to an aromatic ring is 1. The van der Waals surface area contributed by atoms with Crippen LogP contribution in [-0.2, 0) is 6.54 Å². The normalized spacial score (nSPS) is 10.9. The van der Waals surface area contributed by atoms with Crippen LogP contribution in [-0.4, -0.2) is 11.2 Å². The number of rotatable bonds is 5. The largest absolute Gasteiger partial charge is 0.491 e. The first-order valence-electron chi connectivity index (χ1n) is 6.96. The van der Waals surface area contributed by atoms with Crippen molar-refractivity contribution in [3.63, 3.8) is 0 Å². The van der Waals surface area contributed by atoms with Crippen molar-refractivity contribution in [1.29, 1.82) is 0 Å². The van der Waals surface area contributed by atoms with E-state index in [0.29, 0.717) is 12.3 Å². The second-order valence-corrected chi connectivity index (χ2v) is 5.78. The predicted octanol–water partition coefficient (Wildman–Crippen LogP) is 4.46. The van der Waals surface area contributed by atoms with Crippen molar-refractivity contribution in [2.45, 2.75) is 13.0 Å². The van der Waals surface area contributed by atoms with Gasteiger partial charge in [0.1, 0.15) is 5.75 Å². The summed E-state index contributed by atoms with van der Waals surface area (Å²) in [6.45, 7) is 1.57. The highest BCUT2D eigenvalue weighted by molar-refractivity contribution is 9.10. The summed E-state index contributed by atoms with van der Waals surface area (Å²) in [7, 11) is 0. The van der Waals surface area contributed by atoms with Crippen LogP contribution in [0, 0.1) is 0 Å². The molecular weight excluding hydrogens is 328 g/mol. The number of hydrogen-bond donors (Lipinski definition) is 1. The summed E-state index contributed by atoms with van der Waals surface area (Å²) in [5, 5.41) is 1.24. The predicted molar refractivity (Wildman–Crippen MR) is 90.6 cm³/mol. The van der Waals surface area contributed by atoms with Crippen LogP contribution in [0.3, 0.4) is 0 Å². The fourth-order valence-electron chi connectivity index (χ4n) is 2.42. The number of fused-ring (bicyclic) bond motifs is 1. The van der Waals surface area contributed by atoms with Crippen LogP contribution in [0.4, 0.5) is 5.69 Å². The fraction of sp³-hybridized carbons (Fsp3) is 0.176. The Morgan fingerprint density at radius 2 is 1.81 bits per heavy atom. The molecule has 3 aromatic rings. The summed E-state index contributed by atoms with van der Waals surface area (Å²) in [6.07, 6.45) is 3.06. The van der Waals surface area contributed by atoms with Crippen LogP contribution in [0.25, 0.3) is 10.9 Å². The number of para-hydroxylation sites is 3. The van der Waals surface area contributed by atoms with Gasteiger partial charge in [-0.2, -0.15) is 0 Å². The lowest BCUT2D eigenvalue weighted by Crippen LogP contribution is -2.04. The van der Waals surface area contributed by atoms with Gasteiger partial charge < -0.3 is 15.0 Å². The van der Waals surface area contributed by atoms with E-state index in [1.807, 2.05) is 24.3 Å². The number of hydrogen-bond acceptors (Lipinski definition) is 2. The van der Waals surface area contributed by atoms with Crippen molar-refractivity contribution in [3.8, 4) is 5.75 Å². The maximum absolute atomic E-state index is 5.86. The Morgan fingerprint density at radius 1 is 1.05 bits per heavy atom. The number of anilines is 1. The first kappa shape index (κ1) is 14.0. The molecule has 0 saturated heterocycles. The van der Waals surface area contributed by atoms with E-state index in [2.05, 4.69) is 51.0 Å². The molecule has 0 radical (unpaired) electrons. The molecule has 3 nitrogen and oxygen atoms in total. The van der Waals surface area contributed by atoms with Crippen molar-refractivity contribution in [2.24, 2.45) is 0 Å². The highest BCUT2D eigenvalue weighted by atomic mass is 79.9. The third-order valence-electron chi connectivity index (χ3n) is 3.46. The Hall–Kier alpha value is -1.94. The molecule has 1 heterocycles. The Balaban J connectivity index is 1.61. The maximum atomic E-state index is 5.86. The molecule has 0 spiro atoms. The fourth-order valence-corrected chi connectivity index (χ4v) is 3.00. The van der Waals surface area contributed by atoms with E-state index in [9.17, 15) is 0 Å². The molecule has 0 aliphatic heterocycles. The summed E-state index contributed by atoms with van der Waals surface area (Å²) < 4.78 is 9.11. The minimum atomic E-state index is 0.651. The van der Waals surface area contributed by atoms with Crippen molar-refractivity contribution >= 4 is 32.5 Å². The van der Waals surface area contributed by atoms with E-state index in [1.54, 1.807) is 0 Å². The first-order chi connectivity index (χ1) is 10.3. The lowest BCUT2D eigenvalue weighted by Gasteiger charge is -2.09. The number of nitrogens with zero attached hydrogens (tertiary/aromatic N) is 1. The number of benzene rings is 2. The van der Waals surface area contributed by atoms with Gasteiger partial charge >= 0.3 is 0 Å². The van der Waals surface area contributed by atoms with Gasteiger partial charge in [-0.3, -0.25) is 0 Å². The molecule has 0 aliphatic carbocycles. The molecule has 108 valence electrons. The van der Waals surface area contributed by atoms with Gasteiger partial charge in [-0.05, 0) is 40.5 Å². The number of ether oxygens (including phenoxy) is 1. The Labute approximate surface area is 132 Å². The molecule has 21 heavy (non-hydrogen) atoms. The molecule has 0 bridgehead atoms. The Bertz CT molecular complexity index is 751. The maximum Gasteiger partial charge on any atom is 0.142 e. The van der Waals surface area contributed by atoms with E-state index >= 15 is 0 Å². The minimum Gasteiger partial charge on any atom is -0.491 e. The molecule has 0 unspecified atom stereocenters. The summed E-state index contributed by atoms with van der Waals surface area (Å²) in [5.41, 5.74) is 7.78. The van der Waals surface area contributed by atoms with Gasteiger partial charge in [0.05, 0.1) is 12.3 Å². The number of nitrogens with two attached hydrogens (primary N) is 1. The zero-order chi connectivity index (χ0) is 14.7. The minimum absolute atomic E-state index is 0.651. The summed E-state index contributed by atoms with van der Waals surface area (Å²) in [4.78, 5) is 0. The molecule has 0 amide bonds. The molecule has 4 heteroatoms. The molecule has 0 atom stereocenters. The number of aromatic nitrogens is 1. The average Bonchev–Trinajstić information content (AvgIpc) is 2.82. The average molecular weight is 345 g/mol. The van der Waals surface area contributed by atoms with E-state index in [0.717, 1.165) is 23.2 Å². The summed E-state index contributed by atoms with van der Waals surface area (Å²) in [5.74, 6) is 0.760. The topological polar surface area (TPSA) is 40.2 Å². The zero-order valence-corrected chi connectivity index (χ0v) is 13.2. The van der Waals surface area contributed by atoms with Gasteiger partial charge in [-0.25, -0.2) is 0 Å². The molecule has 2 N–H and O–H groups in total. The van der Waals surface area contributed by atoms with Gasteiger partial charge in [0, 0.05) is 28.1 Å². The molecule has 1 aromatic heterocycles. The third-order valence-corrected chi connectivity index (χ3v) is 4.09. The van der Waals surface area contributed by atoms with Crippen molar-refractivity contribution in [2.75, 3.05) is 12.3 Å². The van der Waals surface area contributed by atoms with Crippen LogP contribution in [0.15, 0.2) is 59.2 Å². The van der Waals surface area contributed by atoms with Crippen molar-refractivity contribution in [3.05, 3.63) is 59.2 Å². The summed E-state index contributed by atoms with van der Waals surface area (Å²) in [6, 6.07) is 16.0. The second kappa shape index (κ2) is 6.22. The van der Waals surface area contributed by atoms with E-state index < -0.39 is 0 Å². The van der Waals surface area contributed by atoms with Gasteiger partial charge in [0.2, 0.25) is 0 Å². The first-order valence-corrected chi connectivity index (χ1v) is 7.75. The molecule has 0 saturated carbocycles. The molecule has 0 aliphatic rings. The van der Waals surface area contributed by atoms with Gasteiger partial charge in [-0.1, -0.05) is 30.3 Å². The zero-order valence-electron chi connectivity index (χ0n) is 11.6. The Kier molecular flexibility index (Phi) is 4.15. The van der Waals surface area contributed by atoms with Crippen LogP contribution >= 0.6 is 15.9 Å². The van der Waals surface area contributed by atoms with Gasteiger partial charge in [-0.15, -0.1) is 0 Å². The van der Waals surface area contributed by atoms with Crippen LogP contribution in [0.1, 0.15) is 6.42 Å².